The third-order valence-corrected chi connectivity index (χ3v) is 5.33. The Bertz CT molecular complexity index is 954. The van der Waals surface area contributed by atoms with Gasteiger partial charge in [0.25, 0.3) is 5.91 Å². The van der Waals surface area contributed by atoms with Gasteiger partial charge in [-0.05, 0) is 73.4 Å². The lowest BCUT2D eigenvalue weighted by molar-refractivity contribution is -0.130. The molecular formula is C24H25N3O2. The second-order valence-corrected chi connectivity index (χ2v) is 7.38. The molecule has 2 aromatic carbocycles. The zero-order valence-corrected chi connectivity index (χ0v) is 16.4. The molecule has 1 fully saturated rings. The van der Waals surface area contributed by atoms with Gasteiger partial charge < -0.3 is 14.8 Å². The number of hydrogen-bond donors (Lipinski definition) is 1. The molecule has 0 unspecified atom stereocenters. The molecule has 5 heteroatoms. The van der Waals surface area contributed by atoms with E-state index in [1.807, 2.05) is 82.5 Å². The van der Waals surface area contributed by atoms with Gasteiger partial charge in [0.2, 0.25) is 5.91 Å². The van der Waals surface area contributed by atoms with Gasteiger partial charge in [-0.2, -0.15) is 0 Å². The molecule has 0 saturated carbocycles. The predicted octanol–water partition coefficient (Wildman–Crippen LogP) is 4.28. The summed E-state index contributed by atoms with van der Waals surface area (Å²) in [5.74, 6) is 0.101. The van der Waals surface area contributed by atoms with Crippen molar-refractivity contribution in [3.63, 3.8) is 0 Å². The van der Waals surface area contributed by atoms with E-state index in [9.17, 15) is 9.59 Å². The summed E-state index contributed by atoms with van der Waals surface area (Å²) in [6, 6.07) is 19.2. The molecule has 0 spiro atoms. The Kier molecular flexibility index (Phi) is 5.75. The molecule has 0 bridgehead atoms. The van der Waals surface area contributed by atoms with Gasteiger partial charge in [-0.25, -0.2) is 0 Å². The second-order valence-electron chi connectivity index (χ2n) is 7.38. The number of rotatable bonds is 6. The van der Waals surface area contributed by atoms with E-state index in [-0.39, 0.29) is 11.8 Å². The van der Waals surface area contributed by atoms with Crippen molar-refractivity contribution in [2.24, 2.45) is 0 Å². The lowest BCUT2D eigenvalue weighted by Gasteiger charge is -2.15. The maximum absolute atomic E-state index is 12.5. The first kappa shape index (κ1) is 19.0. The molecule has 0 radical (unpaired) electrons. The Morgan fingerprint density at radius 1 is 0.862 bits per heavy atom. The number of anilines is 1. The minimum Gasteiger partial charge on any atom is -0.343 e. The van der Waals surface area contributed by atoms with Crippen molar-refractivity contribution in [1.82, 2.24) is 9.47 Å². The molecule has 1 aromatic heterocycles. The first-order valence-corrected chi connectivity index (χ1v) is 10.1. The molecule has 5 nitrogen and oxygen atoms in total. The maximum Gasteiger partial charge on any atom is 0.255 e. The van der Waals surface area contributed by atoms with E-state index in [0.717, 1.165) is 49.3 Å². The molecule has 0 aliphatic carbocycles. The Morgan fingerprint density at radius 2 is 1.52 bits per heavy atom. The van der Waals surface area contributed by atoms with E-state index < -0.39 is 0 Å². The fourth-order valence-electron chi connectivity index (χ4n) is 3.63. The largest absolute Gasteiger partial charge is 0.343 e. The standard InChI is InChI=1S/C24H25N3O2/c28-23(27-17-3-4-18-27)14-7-19-5-10-21(11-6-19)25-24(29)20-8-12-22(13-9-20)26-15-1-2-16-26/h1-2,5-6,8-13,15-16H,3-4,7,14,17-18H2,(H,25,29). The summed E-state index contributed by atoms with van der Waals surface area (Å²) in [7, 11) is 0. The lowest BCUT2D eigenvalue weighted by atomic mass is 10.1. The summed E-state index contributed by atoms with van der Waals surface area (Å²) in [4.78, 5) is 26.6. The van der Waals surface area contributed by atoms with Crippen molar-refractivity contribution >= 4 is 17.5 Å². The van der Waals surface area contributed by atoms with Crippen LogP contribution in [0, 0.1) is 0 Å². The van der Waals surface area contributed by atoms with Crippen LogP contribution in [0.3, 0.4) is 0 Å². The SMILES string of the molecule is O=C(Nc1ccc(CCC(=O)N2CCCC2)cc1)c1ccc(-n2cccc2)cc1. The zero-order valence-electron chi connectivity index (χ0n) is 16.4. The number of aryl methyl sites for hydroxylation is 1. The molecular weight excluding hydrogens is 362 g/mol. The van der Waals surface area contributed by atoms with Crippen LogP contribution in [0.5, 0.6) is 0 Å². The summed E-state index contributed by atoms with van der Waals surface area (Å²) in [6.45, 7) is 1.80. The van der Waals surface area contributed by atoms with Gasteiger partial charge in [0.1, 0.15) is 0 Å². The average molecular weight is 387 g/mol. The van der Waals surface area contributed by atoms with Gasteiger partial charge in [-0.1, -0.05) is 12.1 Å². The van der Waals surface area contributed by atoms with Crippen LogP contribution in [0.25, 0.3) is 5.69 Å². The number of amides is 2. The van der Waals surface area contributed by atoms with Crippen LogP contribution in [-0.4, -0.2) is 34.4 Å². The number of hydrogen-bond acceptors (Lipinski definition) is 2. The molecule has 2 amide bonds. The molecule has 1 aliphatic heterocycles. The molecule has 148 valence electrons. The topological polar surface area (TPSA) is 54.3 Å². The summed E-state index contributed by atoms with van der Waals surface area (Å²) in [6.07, 6.45) is 7.44. The molecule has 3 aromatic rings. The van der Waals surface area contributed by atoms with Crippen LogP contribution in [0.4, 0.5) is 5.69 Å². The van der Waals surface area contributed by atoms with Gasteiger partial charge in [-0.3, -0.25) is 9.59 Å². The Morgan fingerprint density at radius 3 is 2.17 bits per heavy atom. The summed E-state index contributed by atoms with van der Waals surface area (Å²) < 4.78 is 1.99. The number of benzene rings is 2. The molecule has 1 aliphatic rings. The zero-order chi connectivity index (χ0) is 20.1. The van der Waals surface area contributed by atoms with E-state index in [2.05, 4.69) is 5.32 Å². The fraction of sp³-hybridized carbons (Fsp3) is 0.250. The highest BCUT2D eigenvalue weighted by Crippen LogP contribution is 2.16. The van der Waals surface area contributed by atoms with Gasteiger partial charge in [0, 0.05) is 48.8 Å². The van der Waals surface area contributed by atoms with Gasteiger partial charge in [0.05, 0.1) is 0 Å². The number of nitrogens with one attached hydrogen (secondary N) is 1. The first-order chi connectivity index (χ1) is 14.2. The third-order valence-electron chi connectivity index (χ3n) is 5.33. The van der Waals surface area contributed by atoms with Crippen molar-refractivity contribution in [3.05, 3.63) is 84.2 Å². The fourth-order valence-corrected chi connectivity index (χ4v) is 3.63. The van der Waals surface area contributed by atoms with Crippen molar-refractivity contribution < 1.29 is 9.59 Å². The monoisotopic (exact) mass is 387 g/mol. The lowest BCUT2D eigenvalue weighted by Crippen LogP contribution is -2.27. The molecule has 0 atom stereocenters. The van der Waals surface area contributed by atoms with Gasteiger partial charge in [-0.15, -0.1) is 0 Å². The van der Waals surface area contributed by atoms with E-state index in [0.29, 0.717) is 12.0 Å². The van der Waals surface area contributed by atoms with Crippen LogP contribution in [0.15, 0.2) is 73.1 Å². The summed E-state index contributed by atoms with van der Waals surface area (Å²) >= 11 is 0. The number of likely N-dealkylation sites (tertiary alicyclic amines) is 1. The Labute approximate surface area is 171 Å². The first-order valence-electron chi connectivity index (χ1n) is 10.1. The van der Waals surface area contributed by atoms with Gasteiger partial charge >= 0.3 is 0 Å². The third kappa shape index (κ3) is 4.74. The van der Waals surface area contributed by atoms with E-state index in [4.69, 9.17) is 0 Å². The van der Waals surface area contributed by atoms with E-state index >= 15 is 0 Å². The quantitative estimate of drug-likeness (QED) is 0.686. The second kappa shape index (κ2) is 8.78. The van der Waals surface area contributed by atoms with Crippen molar-refractivity contribution in [2.75, 3.05) is 18.4 Å². The van der Waals surface area contributed by atoms with Crippen molar-refractivity contribution in [3.8, 4) is 5.69 Å². The number of nitrogens with zero attached hydrogens (tertiary/aromatic N) is 2. The van der Waals surface area contributed by atoms with Crippen LogP contribution >= 0.6 is 0 Å². The van der Waals surface area contributed by atoms with Crippen LogP contribution in [0.1, 0.15) is 35.2 Å². The normalized spacial score (nSPS) is 13.4. The highest BCUT2D eigenvalue weighted by molar-refractivity contribution is 6.04. The predicted molar refractivity (Wildman–Crippen MR) is 114 cm³/mol. The minimum atomic E-state index is -0.138. The Balaban J connectivity index is 1.31. The van der Waals surface area contributed by atoms with E-state index in [1.165, 1.54) is 0 Å². The highest BCUT2D eigenvalue weighted by atomic mass is 16.2. The summed E-state index contributed by atoms with van der Waals surface area (Å²) in [5.41, 5.74) is 3.48. The maximum atomic E-state index is 12.5. The van der Waals surface area contributed by atoms with Crippen LogP contribution in [-0.2, 0) is 11.2 Å². The average Bonchev–Trinajstić information content (AvgIpc) is 3.47. The van der Waals surface area contributed by atoms with E-state index in [1.54, 1.807) is 0 Å². The Hall–Kier alpha value is -3.34. The van der Waals surface area contributed by atoms with Gasteiger partial charge in [0.15, 0.2) is 0 Å². The minimum absolute atomic E-state index is 0.138. The van der Waals surface area contributed by atoms with Crippen molar-refractivity contribution in [1.29, 1.82) is 0 Å². The van der Waals surface area contributed by atoms with Crippen LogP contribution in [0.2, 0.25) is 0 Å². The molecule has 1 saturated heterocycles. The molecule has 4 rings (SSSR count). The molecule has 2 heterocycles. The van der Waals surface area contributed by atoms with Crippen LogP contribution < -0.4 is 5.32 Å². The number of carbonyl (C=O) groups is 2. The molecule has 29 heavy (non-hydrogen) atoms. The highest BCUT2D eigenvalue weighted by Gasteiger charge is 2.17. The van der Waals surface area contributed by atoms with Crippen molar-refractivity contribution in [2.45, 2.75) is 25.7 Å². The number of aromatic nitrogens is 1. The molecule has 1 N–H and O–H groups in total. The number of carbonyl (C=O) groups excluding carboxylic acids is 2. The summed E-state index contributed by atoms with van der Waals surface area (Å²) in [5, 5.41) is 2.93. The smallest absolute Gasteiger partial charge is 0.255 e.